The Bertz CT molecular complexity index is 1240. The highest BCUT2D eigenvalue weighted by Crippen LogP contribution is 2.40. The molecule has 1 N–H and O–H groups in total. The minimum absolute atomic E-state index is 0.0306. The fourth-order valence-corrected chi connectivity index (χ4v) is 5.13. The van der Waals surface area contributed by atoms with Crippen molar-refractivity contribution in [3.05, 3.63) is 36.4 Å². The van der Waals surface area contributed by atoms with Crippen LogP contribution in [0.2, 0.25) is 0 Å². The van der Waals surface area contributed by atoms with Crippen molar-refractivity contribution in [1.29, 1.82) is 0 Å². The second-order valence-corrected chi connectivity index (χ2v) is 9.02. The molecule has 0 spiro atoms. The number of hydrogen-bond donors (Lipinski definition) is 1. The third-order valence-corrected chi connectivity index (χ3v) is 6.88. The Balaban J connectivity index is 1.38. The molecule has 1 amide bonds. The molecule has 3 aromatic rings. The maximum Gasteiger partial charge on any atom is 0.407 e. The molecule has 2 bridgehead atoms. The number of ether oxygens (including phenoxy) is 2. The van der Waals surface area contributed by atoms with Gasteiger partial charge in [0.2, 0.25) is 0 Å². The molecule has 0 unspecified atom stereocenters. The summed E-state index contributed by atoms with van der Waals surface area (Å²) in [4.78, 5) is 28.0. The summed E-state index contributed by atoms with van der Waals surface area (Å²) < 4.78 is 31.4. The summed E-state index contributed by atoms with van der Waals surface area (Å²) in [7, 11) is 3.30. The lowest BCUT2D eigenvalue weighted by Gasteiger charge is -2.43. The Hall–Kier alpha value is -3.80. The van der Waals surface area contributed by atoms with E-state index in [9.17, 15) is 9.90 Å². The van der Waals surface area contributed by atoms with E-state index in [0.29, 0.717) is 59.4 Å². The van der Waals surface area contributed by atoms with Crippen molar-refractivity contribution in [2.45, 2.75) is 50.5 Å². The van der Waals surface area contributed by atoms with Gasteiger partial charge in [-0.05, 0) is 44.4 Å². The third-order valence-electron chi connectivity index (χ3n) is 6.88. The molecule has 2 saturated heterocycles. The molecule has 12 heteroatoms. The van der Waals surface area contributed by atoms with Crippen LogP contribution in [0.4, 0.5) is 15.0 Å². The van der Waals surface area contributed by atoms with E-state index in [4.69, 9.17) is 14.0 Å². The molecule has 2 fully saturated rings. The zero-order valence-electron chi connectivity index (χ0n) is 20.2. The molecule has 36 heavy (non-hydrogen) atoms. The van der Waals surface area contributed by atoms with Gasteiger partial charge in [-0.15, -0.1) is 0 Å². The van der Waals surface area contributed by atoms with E-state index in [1.807, 2.05) is 12.1 Å². The van der Waals surface area contributed by atoms with E-state index in [2.05, 4.69) is 20.1 Å². The second-order valence-electron chi connectivity index (χ2n) is 9.02. The van der Waals surface area contributed by atoms with Crippen molar-refractivity contribution < 1.29 is 28.3 Å². The molecule has 0 aliphatic carbocycles. The number of hydrogen-bond acceptors (Lipinski definition) is 9. The maximum atomic E-state index is 15.3. The van der Waals surface area contributed by atoms with Crippen LogP contribution >= 0.6 is 0 Å². The number of anilines is 1. The van der Waals surface area contributed by atoms with Gasteiger partial charge in [0, 0.05) is 31.3 Å². The predicted octanol–water partition coefficient (Wildman–Crippen LogP) is 3.54. The topological polar surface area (TPSA) is 127 Å². The summed E-state index contributed by atoms with van der Waals surface area (Å²) in [5.41, 5.74) is 1.93. The van der Waals surface area contributed by atoms with Crippen molar-refractivity contribution in [3.63, 3.8) is 0 Å². The highest BCUT2D eigenvalue weighted by atomic mass is 19.1. The number of aryl methyl sites for hydroxylation is 1. The molecule has 4 atom stereocenters. The molecule has 2 aliphatic rings. The second kappa shape index (κ2) is 9.69. The van der Waals surface area contributed by atoms with Gasteiger partial charge in [-0.25, -0.2) is 14.2 Å². The van der Waals surface area contributed by atoms with Crippen molar-refractivity contribution in [2.24, 2.45) is 0 Å². The maximum absolute atomic E-state index is 15.3. The number of carbonyl (C=O) groups is 1. The predicted molar refractivity (Wildman–Crippen MR) is 126 cm³/mol. The van der Waals surface area contributed by atoms with Crippen LogP contribution in [0.15, 0.2) is 35.1 Å². The zero-order chi connectivity index (χ0) is 25.4. The van der Waals surface area contributed by atoms with Crippen LogP contribution in [0.3, 0.4) is 0 Å². The van der Waals surface area contributed by atoms with Crippen LogP contribution < -0.4 is 9.64 Å². The monoisotopic (exact) mass is 498 g/mol. The zero-order valence-corrected chi connectivity index (χ0v) is 20.2. The van der Waals surface area contributed by atoms with Gasteiger partial charge in [0.15, 0.2) is 12.6 Å². The first-order chi connectivity index (χ1) is 17.4. The average molecular weight is 499 g/mol. The molecule has 0 saturated carbocycles. The van der Waals surface area contributed by atoms with E-state index >= 15 is 4.39 Å². The molecule has 190 valence electrons. The number of nitrogens with zero attached hydrogens (tertiary/aromatic N) is 6. The summed E-state index contributed by atoms with van der Waals surface area (Å²) >= 11 is 0. The molecule has 0 radical (unpaired) electrons. The van der Waals surface area contributed by atoms with Gasteiger partial charge in [0.25, 0.3) is 5.89 Å². The minimum Gasteiger partial charge on any atom is -0.467 e. The number of carboxylic acid groups (broad SMARTS) is 1. The number of alkyl halides is 1. The van der Waals surface area contributed by atoms with E-state index < -0.39 is 24.3 Å². The van der Waals surface area contributed by atoms with Crippen LogP contribution in [0.25, 0.3) is 22.7 Å². The minimum atomic E-state index is -1.30. The summed E-state index contributed by atoms with van der Waals surface area (Å²) in [5.74, 6) is 1.90. The van der Waals surface area contributed by atoms with E-state index in [-0.39, 0.29) is 12.8 Å². The average Bonchev–Trinajstić information content (AvgIpc) is 3.47. The van der Waals surface area contributed by atoms with E-state index in [1.165, 1.54) is 12.0 Å². The largest absolute Gasteiger partial charge is 0.467 e. The van der Waals surface area contributed by atoms with Gasteiger partial charge in [-0.3, -0.25) is 9.88 Å². The summed E-state index contributed by atoms with van der Waals surface area (Å²) in [5, 5.41) is 13.3. The molecule has 2 aromatic heterocycles. The lowest BCUT2D eigenvalue weighted by molar-refractivity contribution is 0.0489. The van der Waals surface area contributed by atoms with Crippen LogP contribution in [-0.2, 0) is 4.74 Å². The van der Waals surface area contributed by atoms with Crippen molar-refractivity contribution in [1.82, 2.24) is 25.0 Å². The molecular weight excluding hydrogens is 471 g/mol. The third kappa shape index (κ3) is 4.32. The van der Waals surface area contributed by atoms with Crippen molar-refractivity contribution in [2.75, 3.05) is 25.9 Å². The number of amides is 1. The lowest BCUT2D eigenvalue weighted by Crippen LogP contribution is -2.58. The Morgan fingerprint density at radius 2 is 2.14 bits per heavy atom. The number of piperidine rings is 1. The van der Waals surface area contributed by atoms with Crippen LogP contribution in [-0.4, -0.2) is 81.5 Å². The summed E-state index contributed by atoms with van der Waals surface area (Å²) in [6.45, 7) is 1.77. The first-order valence-electron chi connectivity index (χ1n) is 11.6. The van der Waals surface area contributed by atoms with Gasteiger partial charge in [0.1, 0.15) is 17.7 Å². The van der Waals surface area contributed by atoms with Crippen molar-refractivity contribution >= 4 is 11.9 Å². The van der Waals surface area contributed by atoms with Crippen molar-refractivity contribution in [3.8, 4) is 28.5 Å². The Morgan fingerprint density at radius 1 is 1.31 bits per heavy atom. The molecule has 5 rings (SSSR count). The number of halogens is 1. The lowest BCUT2D eigenvalue weighted by atomic mass is 9.94. The van der Waals surface area contributed by atoms with Gasteiger partial charge < -0.3 is 24.0 Å². The van der Waals surface area contributed by atoms with Gasteiger partial charge >= 0.3 is 6.09 Å². The Labute approximate surface area is 206 Å². The summed E-state index contributed by atoms with van der Waals surface area (Å²) in [6, 6.07) is 4.13. The number of methoxy groups -OCH3 is 1. The summed E-state index contributed by atoms with van der Waals surface area (Å²) in [6.07, 6.45) is 2.46. The first-order valence-corrected chi connectivity index (χ1v) is 11.6. The highest BCUT2D eigenvalue weighted by Gasteiger charge is 2.51. The fourth-order valence-electron chi connectivity index (χ4n) is 5.13. The molecule has 1 aromatic carbocycles. The van der Waals surface area contributed by atoms with E-state index in [1.54, 1.807) is 37.3 Å². The molecule has 2 aliphatic heterocycles. The number of rotatable bonds is 7. The Kier molecular flexibility index (Phi) is 6.44. The standard InChI is InChI=1S/C24H27FN6O5/c1-13-28-23(36-29-13)14-4-6-16(20(8-14)35-12-34-3)17-10-27-21(11-26-17)30(2)19-9-15-5-7-18(22(19)25)31(15)24(32)33/h4,6,8,10-11,15,18-19,22H,5,7,9,12H2,1-3H3,(H,32,33)/t15-,18+,19-,22+/m1/s1. The number of benzene rings is 1. The van der Waals surface area contributed by atoms with E-state index in [0.717, 1.165) is 0 Å². The van der Waals surface area contributed by atoms with Gasteiger partial charge in [-0.2, -0.15) is 4.98 Å². The Morgan fingerprint density at radius 3 is 2.81 bits per heavy atom. The van der Waals surface area contributed by atoms with Crippen LogP contribution in [0, 0.1) is 6.92 Å². The smallest absolute Gasteiger partial charge is 0.407 e. The molecule has 11 nitrogen and oxygen atoms in total. The quantitative estimate of drug-likeness (QED) is 0.483. The SMILES string of the molecule is COCOc1cc(-c2nc(C)no2)ccc1-c1cnc(N(C)[C@@H]2C[C@H]3CC[C@@H]([C@@H]2F)N3C(=O)O)cn1. The number of fused-ring (bicyclic) bond motifs is 2. The molecule has 4 heterocycles. The number of aromatic nitrogens is 4. The van der Waals surface area contributed by atoms with Crippen LogP contribution in [0.1, 0.15) is 25.1 Å². The first kappa shape index (κ1) is 23.9. The van der Waals surface area contributed by atoms with Crippen LogP contribution in [0.5, 0.6) is 5.75 Å². The highest BCUT2D eigenvalue weighted by molar-refractivity contribution is 5.72. The fraction of sp³-hybridized carbons (Fsp3) is 0.458. The van der Waals surface area contributed by atoms with Gasteiger partial charge in [0.05, 0.1) is 30.2 Å². The van der Waals surface area contributed by atoms with Gasteiger partial charge in [-0.1, -0.05) is 5.16 Å². The molecular formula is C24H27FN6O5. The normalized spacial score (nSPS) is 23.1.